The van der Waals surface area contributed by atoms with Crippen LogP contribution in [0.4, 0.5) is 0 Å². The van der Waals surface area contributed by atoms with Crippen LogP contribution >= 0.6 is 0 Å². The molecule has 1 aromatic heterocycles. The van der Waals surface area contributed by atoms with E-state index < -0.39 is 0 Å². The molecule has 1 aliphatic carbocycles. The third-order valence-corrected chi connectivity index (χ3v) is 3.55. The second-order valence-corrected chi connectivity index (χ2v) is 4.73. The second-order valence-electron chi connectivity index (χ2n) is 4.73. The molecule has 2 heterocycles. The van der Waals surface area contributed by atoms with E-state index in [0.29, 0.717) is 12.0 Å². The summed E-state index contributed by atoms with van der Waals surface area (Å²) in [6.07, 6.45) is 5.26. The molecule has 0 spiro atoms. The Labute approximate surface area is 90.1 Å². The first kappa shape index (κ1) is 9.31. The summed E-state index contributed by atoms with van der Waals surface area (Å²) >= 11 is 0. The van der Waals surface area contributed by atoms with Gasteiger partial charge in [0.15, 0.2) is 0 Å². The lowest BCUT2D eigenvalue weighted by atomic mass is 9.98. The summed E-state index contributed by atoms with van der Waals surface area (Å²) in [6, 6.07) is 2.62. The van der Waals surface area contributed by atoms with Crippen molar-refractivity contribution in [2.24, 2.45) is 5.73 Å². The van der Waals surface area contributed by atoms with Gasteiger partial charge in [0, 0.05) is 30.9 Å². The Balaban J connectivity index is 1.89. The molecule has 3 heteroatoms. The Hall–Kier alpha value is -0.930. The highest BCUT2D eigenvalue weighted by Crippen LogP contribution is 2.26. The first-order valence-corrected chi connectivity index (χ1v) is 5.77. The van der Waals surface area contributed by atoms with Gasteiger partial charge in [-0.05, 0) is 36.4 Å². The Kier molecular flexibility index (Phi) is 2.22. The van der Waals surface area contributed by atoms with Crippen LogP contribution in [-0.2, 0) is 12.8 Å². The molecule has 3 N–H and O–H groups in total. The molecule has 3 nitrogen and oxygen atoms in total. The predicted octanol–water partition coefficient (Wildman–Crippen LogP) is 0.584. The fourth-order valence-corrected chi connectivity index (χ4v) is 2.68. The highest BCUT2D eigenvalue weighted by atomic mass is 14.9. The Morgan fingerprint density at radius 2 is 2.33 bits per heavy atom. The van der Waals surface area contributed by atoms with Crippen molar-refractivity contribution in [1.29, 1.82) is 0 Å². The van der Waals surface area contributed by atoms with E-state index in [2.05, 4.69) is 22.6 Å². The molecule has 1 aromatic rings. The molecule has 1 fully saturated rings. The van der Waals surface area contributed by atoms with Gasteiger partial charge in [-0.25, -0.2) is 0 Å². The quantitative estimate of drug-likeness (QED) is 0.702. The molecule has 0 saturated carbocycles. The fourth-order valence-electron chi connectivity index (χ4n) is 2.68. The number of rotatable bonds is 1. The maximum atomic E-state index is 5.94. The van der Waals surface area contributed by atoms with Crippen LogP contribution in [0, 0.1) is 0 Å². The van der Waals surface area contributed by atoms with E-state index in [1.165, 1.54) is 23.2 Å². The van der Waals surface area contributed by atoms with Gasteiger partial charge in [0.2, 0.25) is 0 Å². The van der Waals surface area contributed by atoms with E-state index in [4.69, 9.17) is 5.73 Å². The SMILES string of the molecule is NC1Cc2cc(C3CCNC3)cnc2C1. The van der Waals surface area contributed by atoms with Gasteiger partial charge in [-0.15, -0.1) is 0 Å². The molecule has 0 bridgehead atoms. The standard InChI is InChI=1S/C12H17N3/c13-11-4-9-3-10(7-15-12(9)5-11)8-1-2-14-6-8/h3,7-8,11,14H,1-2,4-6,13H2. The van der Waals surface area contributed by atoms with Gasteiger partial charge in [-0.1, -0.05) is 6.07 Å². The normalized spacial score (nSPS) is 29.4. The van der Waals surface area contributed by atoms with Crippen LogP contribution in [0.15, 0.2) is 12.3 Å². The second kappa shape index (κ2) is 3.58. The number of pyridine rings is 1. The Morgan fingerprint density at radius 1 is 1.40 bits per heavy atom. The molecule has 3 rings (SSSR count). The van der Waals surface area contributed by atoms with Gasteiger partial charge in [0.1, 0.15) is 0 Å². The summed E-state index contributed by atoms with van der Waals surface area (Å²) in [4.78, 5) is 4.55. The minimum Gasteiger partial charge on any atom is -0.327 e. The topological polar surface area (TPSA) is 50.9 Å². The molecule has 80 valence electrons. The van der Waals surface area contributed by atoms with Gasteiger partial charge >= 0.3 is 0 Å². The monoisotopic (exact) mass is 203 g/mol. The van der Waals surface area contributed by atoms with E-state index in [1.807, 2.05) is 0 Å². The number of fused-ring (bicyclic) bond motifs is 1. The first-order chi connectivity index (χ1) is 7.33. The number of nitrogens with one attached hydrogen (secondary N) is 1. The van der Waals surface area contributed by atoms with E-state index >= 15 is 0 Å². The summed E-state index contributed by atoms with van der Waals surface area (Å²) in [5.41, 5.74) is 9.93. The fraction of sp³-hybridized carbons (Fsp3) is 0.583. The number of hydrogen-bond donors (Lipinski definition) is 2. The molecule has 1 saturated heterocycles. The van der Waals surface area contributed by atoms with Crippen molar-refractivity contribution in [2.45, 2.75) is 31.2 Å². The summed E-state index contributed by atoms with van der Waals surface area (Å²) < 4.78 is 0. The van der Waals surface area contributed by atoms with Crippen LogP contribution in [0.5, 0.6) is 0 Å². The molecule has 0 amide bonds. The molecule has 1 aliphatic heterocycles. The molecule has 0 radical (unpaired) electrons. The summed E-state index contributed by atoms with van der Waals surface area (Å²) in [7, 11) is 0. The summed E-state index contributed by atoms with van der Waals surface area (Å²) in [5.74, 6) is 0.666. The van der Waals surface area contributed by atoms with E-state index in [9.17, 15) is 0 Å². The van der Waals surface area contributed by atoms with Crippen LogP contribution in [0.3, 0.4) is 0 Å². The van der Waals surface area contributed by atoms with Gasteiger partial charge in [0.05, 0.1) is 0 Å². The highest BCUT2D eigenvalue weighted by Gasteiger charge is 2.22. The van der Waals surface area contributed by atoms with Crippen LogP contribution in [0.2, 0.25) is 0 Å². The van der Waals surface area contributed by atoms with E-state index in [0.717, 1.165) is 25.9 Å². The first-order valence-electron chi connectivity index (χ1n) is 5.77. The lowest BCUT2D eigenvalue weighted by Crippen LogP contribution is -2.19. The highest BCUT2D eigenvalue weighted by molar-refractivity contribution is 5.33. The lowest BCUT2D eigenvalue weighted by Gasteiger charge is -2.09. The van der Waals surface area contributed by atoms with Crippen molar-refractivity contribution in [3.63, 3.8) is 0 Å². The van der Waals surface area contributed by atoms with Gasteiger partial charge < -0.3 is 11.1 Å². The molecular weight excluding hydrogens is 186 g/mol. The zero-order valence-electron chi connectivity index (χ0n) is 8.87. The number of aromatic nitrogens is 1. The summed E-state index contributed by atoms with van der Waals surface area (Å²) in [6.45, 7) is 2.24. The van der Waals surface area contributed by atoms with Crippen LogP contribution in [0.1, 0.15) is 29.2 Å². The lowest BCUT2D eigenvalue weighted by molar-refractivity contribution is 0.716. The van der Waals surface area contributed by atoms with Crippen molar-refractivity contribution in [3.05, 3.63) is 29.1 Å². The third-order valence-electron chi connectivity index (χ3n) is 3.55. The van der Waals surface area contributed by atoms with Crippen molar-refractivity contribution >= 4 is 0 Å². The minimum absolute atomic E-state index is 0.296. The largest absolute Gasteiger partial charge is 0.327 e. The van der Waals surface area contributed by atoms with Crippen molar-refractivity contribution in [2.75, 3.05) is 13.1 Å². The molecular formula is C12H17N3. The average Bonchev–Trinajstić information content (AvgIpc) is 2.82. The molecule has 2 atom stereocenters. The van der Waals surface area contributed by atoms with Crippen LogP contribution in [-0.4, -0.2) is 24.1 Å². The maximum absolute atomic E-state index is 5.94. The van der Waals surface area contributed by atoms with E-state index in [-0.39, 0.29) is 0 Å². The zero-order chi connectivity index (χ0) is 10.3. The van der Waals surface area contributed by atoms with Gasteiger partial charge in [-0.3, -0.25) is 4.98 Å². The Morgan fingerprint density at radius 3 is 3.13 bits per heavy atom. The minimum atomic E-state index is 0.296. The van der Waals surface area contributed by atoms with Crippen LogP contribution < -0.4 is 11.1 Å². The summed E-state index contributed by atoms with van der Waals surface area (Å²) in [5, 5.41) is 3.39. The molecule has 15 heavy (non-hydrogen) atoms. The van der Waals surface area contributed by atoms with Crippen LogP contribution in [0.25, 0.3) is 0 Å². The van der Waals surface area contributed by atoms with Crippen molar-refractivity contribution in [1.82, 2.24) is 10.3 Å². The zero-order valence-corrected chi connectivity index (χ0v) is 8.87. The van der Waals surface area contributed by atoms with Gasteiger partial charge in [-0.2, -0.15) is 0 Å². The van der Waals surface area contributed by atoms with Gasteiger partial charge in [0.25, 0.3) is 0 Å². The maximum Gasteiger partial charge on any atom is 0.0451 e. The molecule has 2 unspecified atom stereocenters. The molecule has 2 aliphatic rings. The average molecular weight is 203 g/mol. The predicted molar refractivity (Wildman–Crippen MR) is 59.8 cm³/mol. The Bertz CT molecular complexity index is 369. The smallest absolute Gasteiger partial charge is 0.0451 e. The third kappa shape index (κ3) is 1.66. The number of nitrogens with two attached hydrogens (primary N) is 1. The van der Waals surface area contributed by atoms with E-state index in [1.54, 1.807) is 0 Å². The van der Waals surface area contributed by atoms with Crippen molar-refractivity contribution in [3.8, 4) is 0 Å². The van der Waals surface area contributed by atoms with Crippen molar-refractivity contribution < 1.29 is 0 Å². The molecule has 0 aromatic carbocycles. The number of nitrogens with zero attached hydrogens (tertiary/aromatic N) is 1. The number of hydrogen-bond acceptors (Lipinski definition) is 3.